The van der Waals surface area contributed by atoms with Crippen LogP contribution in [0.15, 0.2) is 48.5 Å². The fraction of sp³-hybridized carbons (Fsp3) is 0.417. The summed E-state index contributed by atoms with van der Waals surface area (Å²) in [5, 5.41) is 0. The zero-order valence-corrected chi connectivity index (χ0v) is 18.9. The van der Waals surface area contributed by atoms with Gasteiger partial charge in [-0.1, -0.05) is 0 Å². The Morgan fingerprint density at radius 1 is 0.625 bits per heavy atom. The first-order chi connectivity index (χ1) is 15.4. The summed E-state index contributed by atoms with van der Waals surface area (Å²) in [5.41, 5.74) is 0. The Morgan fingerprint density at radius 2 is 0.906 bits per heavy atom. The summed E-state index contributed by atoms with van der Waals surface area (Å²) in [6, 6.07) is 14.2. The number of ether oxygens (including phenoxy) is 4. The normalized spacial score (nSPS) is 15.5. The second-order valence-electron chi connectivity index (χ2n) is 7.52. The van der Waals surface area contributed by atoms with E-state index in [0.29, 0.717) is 37.7 Å². The Morgan fingerprint density at radius 3 is 1.19 bits per heavy atom. The predicted octanol–water partition coefficient (Wildman–Crippen LogP) is 2.61. The molecule has 1 saturated heterocycles. The molecule has 0 saturated carbocycles. The van der Waals surface area contributed by atoms with Gasteiger partial charge in [0.2, 0.25) is 0 Å². The summed E-state index contributed by atoms with van der Waals surface area (Å²) in [5.74, 6) is 2.45. The van der Waals surface area contributed by atoms with Crippen molar-refractivity contribution in [2.24, 2.45) is 0 Å². The number of methoxy groups -OCH3 is 2. The molecule has 2 aromatic carbocycles. The SMILES string of the molecule is COc1ccc(OC(C)C(=O)N2CCN(C(=O)C(C)Oc3ccc(OC)cc3)CC2)cc1. The second-order valence-corrected chi connectivity index (χ2v) is 7.52. The topological polar surface area (TPSA) is 77.5 Å². The lowest BCUT2D eigenvalue weighted by molar-refractivity contribution is -0.146. The average molecular weight is 443 g/mol. The van der Waals surface area contributed by atoms with Gasteiger partial charge in [0.25, 0.3) is 11.8 Å². The van der Waals surface area contributed by atoms with Crippen LogP contribution in [-0.4, -0.2) is 74.2 Å². The van der Waals surface area contributed by atoms with Gasteiger partial charge < -0.3 is 28.7 Å². The van der Waals surface area contributed by atoms with Crippen LogP contribution in [0.4, 0.5) is 0 Å². The van der Waals surface area contributed by atoms with Crippen molar-refractivity contribution in [3.8, 4) is 23.0 Å². The predicted molar refractivity (Wildman–Crippen MR) is 119 cm³/mol. The molecule has 2 atom stereocenters. The number of carbonyl (C=O) groups is 2. The van der Waals surface area contributed by atoms with E-state index in [9.17, 15) is 9.59 Å². The number of hydrogen-bond donors (Lipinski definition) is 0. The van der Waals surface area contributed by atoms with Crippen LogP contribution in [0.1, 0.15) is 13.8 Å². The highest BCUT2D eigenvalue weighted by Crippen LogP contribution is 2.20. The van der Waals surface area contributed by atoms with Crippen molar-refractivity contribution in [2.75, 3.05) is 40.4 Å². The lowest BCUT2D eigenvalue weighted by atomic mass is 10.2. The quantitative estimate of drug-likeness (QED) is 0.626. The van der Waals surface area contributed by atoms with E-state index in [1.807, 2.05) is 0 Å². The zero-order valence-electron chi connectivity index (χ0n) is 18.9. The van der Waals surface area contributed by atoms with E-state index in [1.54, 1.807) is 86.4 Å². The van der Waals surface area contributed by atoms with E-state index in [-0.39, 0.29) is 11.8 Å². The summed E-state index contributed by atoms with van der Waals surface area (Å²) >= 11 is 0. The van der Waals surface area contributed by atoms with Crippen LogP contribution in [-0.2, 0) is 9.59 Å². The molecule has 0 spiro atoms. The van der Waals surface area contributed by atoms with E-state index in [1.165, 1.54) is 0 Å². The first kappa shape index (κ1) is 23.2. The van der Waals surface area contributed by atoms with Crippen molar-refractivity contribution in [1.82, 2.24) is 9.80 Å². The molecule has 8 nitrogen and oxygen atoms in total. The highest BCUT2D eigenvalue weighted by Gasteiger charge is 2.30. The molecule has 1 aliphatic heterocycles. The van der Waals surface area contributed by atoms with Gasteiger partial charge in [-0.05, 0) is 62.4 Å². The summed E-state index contributed by atoms with van der Waals surface area (Å²) in [6.07, 6.45) is -1.24. The first-order valence-corrected chi connectivity index (χ1v) is 10.6. The van der Waals surface area contributed by atoms with Crippen LogP contribution in [0.3, 0.4) is 0 Å². The molecule has 1 aliphatic rings. The molecule has 0 aromatic heterocycles. The third kappa shape index (κ3) is 5.84. The number of rotatable bonds is 8. The molecule has 0 bridgehead atoms. The van der Waals surface area contributed by atoms with E-state index in [4.69, 9.17) is 18.9 Å². The monoisotopic (exact) mass is 442 g/mol. The van der Waals surface area contributed by atoms with E-state index < -0.39 is 12.2 Å². The molecule has 0 N–H and O–H groups in total. The van der Waals surface area contributed by atoms with Gasteiger partial charge in [-0.2, -0.15) is 0 Å². The lowest BCUT2D eigenvalue weighted by Gasteiger charge is -2.36. The molecule has 8 heteroatoms. The van der Waals surface area contributed by atoms with Crippen molar-refractivity contribution < 1.29 is 28.5 Å². The minimum Gasteiger partial charge on any atom is -0.497 e. The highest BCUT2D eigenvalue weighted by atomic mass is 16.5. The molecule has 2 amide bonds. The number of carbonyl (C=O) groups excluding carboxylic acids is 2. The second kappa shape index (κ2) is 10.7. The third-order valence-corrected chi connectivity index (χ3v) is 5.34. The number of piperazine rings is 1. The average Bonchev–Trinajstić information content (AvgIpc) is 2.84. The number of amides is 2. The van der Waals surface area contributed by atoms with Gasteiger partial charge in [-0.25, -0.2) is 0 Å². The summed E-state index contributed by atoms with van der Waals surface area (Å²) < 4.78 is 21.8. The molecular formula is C24H30N2O6. The van der Waals surface area contributed by atoms with E-state index in [2.05, 4.69) is 0 Å². The van der Waals surface area contributed by atoms with Crippen LogP contribution in [0.2, 0.25) is 0 Å². The van der Waals surface area contributed by atoms with Crippen LogP contribution >= 0.6 is 0 Å². The standard InChI is InChI=1S/C24H30N2O6/c1-17(31-21-9-5-19(29-3)6-10-21)23(27)25-13-15-26(16-14-25)24(28)18(2)32-22-11-7-20(30-4)8-12-22/h5-12,17-18H,13-16H2,1-4H3. The van der Waals surface area contributed by atoms with Crippen LogP contribution in [0.5, 0.6) is 23.0 Å². The van der Waals surface area contributed by atoms with E-state index in [0.717, 1.165) is 11.5 Å². The summed E-state index contributed by atoms with van der Waals surface area (Å²) in [4.78, 5) is 29.0. The molecule has 0 radical (unpaired) electrons. The van der Waals surface area contributed by atoms with Gasteiger partial charge in [-0.3, -0.25) is 9.59 Å². The largest absolute Gasteiger partial charge is 0.497 e. The van der Waals surface area contributed by atoms with Crippen LogP contribution < -0.4 is 18.9 Å². The van der Waals surface area contributed by atoms with Gasteiger partial charge in [-0.15, -0.1) is 0 Å². The Balaban J connectivity index is 1.47. The Labute approximate surface area is 188 Å². The summed E-state index contributed by atoms with van der Waals surface area (Å²) in [7, 11) is 3.19. The van der Waals surface area contributed by atoms with Crippen molar-refractivity contribution in [3.63, 3.8) is 0 Å². The third-order valence-electron chi connectivity index (χ3n) is 5.34. The van der Waals surface area contributed by atoms with Gasteiger partial charge in [0.15, 0.2) is 12.2 Å². The Hall–Kier alpha value is -3.42. The molecule has 2 unspecified atom stereocenters. The van der Waals surface area contributed by atoms with Crippen molar-refractivity contribution >= 4 is 11.8 Å². The smallest absolute Gasteiger partial charge is 0.263 e. The van der Waals surface area contributed by atoms with Gasteiger partial charge in [0.1, 0.15) is 23.0 Å². The maximum absolute atomic E-state index is 12.8. The molecule has 1 fully saturated rings. The maximum Gasteiger partial charge on any atom is 0.263 e. The molecule has 32 heavy (non-hydrogen) atoms. The fourth-order valence-corrected chi connectivity index (χ4v) is 3.48. The molecule has 2 aromatic rings. The molecule has 1 heterocycles. The molecule has 3 rings (SSSR count). The molecular weight excluding hydrogens is 412 g/mol. The number of benzene rings is 2. The number of hydrogen-bond acceptors (Lipinski definition) is 6. The van der Waals surface area contributed by atoms with Crippen molar-refractivity contribution in [2.45, 2.75) is 26.1 Å². The zero-order chi connectivity index (χ0) is 23.1. The molecule has 172 valence electrons. The van der Waals surface area contributed by atoms with Crippen molar-refractivity contribution in [3.05, 3.63) is 48.5 Å². The van der Waals surface area contributed by atoms with Gasteiger partial charge >= 0.3 is 0 Å². The first-order valence-electron chi connectivity index (χ1n) is 10.6. The maximum atomic E-state index is 12.8. The molecule has 0 aliphatic carbocycles. The summed E-state index contributed by atoms with van der Waals surface area (Å²) in [6.45, 7) is 5.28. The van der Waals surface area contributed by atoms with E-state index >= 15 is 0 Å². The van der Waals surface area contributed by atoms with Crippen molar-refractivity contribution in [1.29, 1.82) is 0 Å². The Bertz CT molecular complexity index is 816. The highest BCUT2D eigenvalue weighted by molar-refractivity contribution is 5.83. The number of nitrogens with zero attached hydrogens (tertiary/aromatic N) is 2. The fourth-order valence-electron chi connectivity index (χ4n) is 3.48. The Kier molecular flexibility index (Phi) is 7.81. The minimum atomic E-state index is -0.622. The van der Waals surface area contributed by atoms with Gasteiger partial charge in [0, 0.05) is 26.2 Å². The van der Waals surface area contributed by atoms with Crippen LogP contribution in [0, 0.1) is 0 Å². The van der Waals surface area contributed by atoms with Crippen LogP contribution in [0.25, 0.3) is 0 Å². The lowest BCUT2D eigenvalue weighted by Crippen LogP contribution is -2.55. The van der Waals surface area contributed by atoms with Gasteiger partial charge in [0.05, 0.1) is 14.2 Å². The minimum absolute atomic E-state index is 0.101.